The van der Waals surface area contributed by atoms with Crippen LogP contribution in [0.1, 0.15) is 24.2 Å². The molecule has 1 aromatic rings. The summed E-state index contributed by atoms with van der Waals surface area (Å²) in [7, 11) is 0. The van der Waals surface area contributed by atoms with Crippen molar-refractivity contribution in [1.29, 1.82) is 0 Å². The quantitative estimate of drug-likeness (QED) is 0.359. The summed E-state index contributed by atoms with van der Waals surface area (Å²) in [5.41, 5.74) is -1.56. The van der Waals surface area contributed by atoms with Crippen LogP contribution in [0.15, 0.2) is 24.3 Å². The molecule has 9 heteroatoms. The molecule has 8 nitrogen and oxygen atoms in total. The van der Waals surface area contributed by atoms with Crippen molar-refractivity contribution in [2.45, 2.75) is 19.4 Å². The highest BCUT2D eigenvalue weighted by Gasteiger charge is 2.54. The molecule has 0 unspecified atom stereocenters. The van der Waals surface area contributed by atoms with Crippen LogP contribution in [0, 0.1) is 10.1 Å². The first-order valence-electron chi connectivity index (χ1n) is 5.81. The first kappa shape index (κ1) is 14.9. The molecule has 1 heterocycles. The lowest BCUT2D eigenvalue weighted by molar-refractivity contribution is -0.384. The number of hydrogen-bond acceptors (Lipinski definition) is 5. The summed E-state index contributed by atoms with van der Waals surface area (Å²) in [6.07, 6.45) is 0. The number of carbonyl (C=O) groups excluding carboxylic acids is 3. The minimum Gasteiger partial charge on any atom is -0.270 e. The number of halogens is 1. The van der Waals surface area contributed by atoms with Gasteiger partial charge in [0.05, 0.1) is 4.92 Å². The van der Waals surface area contributed by atoms with Crippen LogP contribution in [0.2, 0.25) is 0 Å². The van der Waals surface area contributed by atoms with Gasteiger partial charge in [-0.25, -0.2) is 9.69 Å². The van der Waals surface area contributed by atoms with Gasteiger partial charge in [-0.15, -0.1) is 0 Å². The minimum atomic E-state index is -1.42. The topological polar surface area (TPSA) is 101 Å². The Labute approximate surface area is 124 Å². The largest absolute Gasteiger partial charge is 0.349 e. The molecule has 4 amide bonds. The van der Waals surface area contributed by atoms with Crippen LogP contribution in [0.4, 0.5) is 10.5 Å². The Morgan fingerprint density at radius 3 is 2.14 bits per heavy atom. The standard InChI is InChI=1S/C12H10ClN3O5/c1-12(2)10(18)15(13)11(19)14(12)9(17)7-3-5-8(6-4-7)16(20)21/h3-6H,1-2H3. The van der Waals surface area contributed by atoms with Crippen molar-refractivity contribution in [3.63, 3.8) is 0 Å². The van der Waals surface area contributed by atoms with Crippen LogP contribution >= 0.6 is 11.8 Å². The van der Waals surface area contributed by atoms with E-state index in [0.29, 0.717) is 4.42 Å². The molecule has 1 aromatic carbocycles. The minimum absolute atomic E-state index is 0.0433. The molecule has 0 spiro atoms. The summed E-state index contributed by atoms with van der Waals surface area (Å²) in [6.45, 7) is 2.78. The molecule has 0 atom stereocenters. The summed E-state index contributed by atoms with van der Waals surface area (Å²) < 4.78 is 0.350. The van der Waals surface area contributed by atoms with Crippen LogP contribution in [0.5, 0.6) is 0 Å². The normalized spacial score (nSPS) is 17.3. The molecule has 21 heavy (non-hydrogen) atoms. The number of urea groups is 1. The Hall–Kier alpha value is -2.48. The fourth-order valence-electron chi connectivity index (χ4n) is 1.95. The summed E-state index contributed by atoms with van der Waals surface area (Å²) in [5.74, 6) is -1.47. The number of imide groups is 2. The molecule has 2 rings (SSSR count). The fraction of sp³-hybridized carbons (Fsp3) is 0.250. The zero-order valence-electron chi connectivity index (χ0n) is 11.1. The number of nitro groups is 1. The fourth-order valence-corrected chi connectivity index (χ4v) is 2.23. The van der Waals surface area contributed by atoms with Gasteiger partial charge in [0.1, 0.15) is 5.54 Å². The average molecular weight is 312 g/mol. The van der Waals surface area contributed by atoms with E-state index in [9.17, 15) is 24.5 Å². The number of hydrogen-bond donors (Lipinski definition) is 0. The smallest absolute Gasteiger partial charge is 0.270 e. The lowest BCUT2D eigenvalue weighted by Gasteiger charge is -2.25. The monoisotopic (exact) mass is 311 g/mol. The maximum absolute atomic E-state index is 12.3. The Bertz CT molecular complexity index is 655. The Morgan fingerprint density at radius 2 is 1.76 bits per heavy atom. The van der Waals surface area contributed by atoms with E-state index < -0.39 is 28.3 Å². The van der Waals surface area contributed by atoms with E-state index in [-0.39, 0.29) is 11.3 Å². The van der Waals surface area contributed by atoms with E-state index in [4.69, 9.17) is 11.8 Å². The summed E-state index contributed by atoms with van der Waals surface area (Å²) in [6, 6.07) is 3.76. The second kappa shape index (κ2) is 4.81. The molecular weight excluding hydrogens is 302 g/mol. The molecule has 1 fully saturated rings. The number of amides is 4. The molecule has 1 aliphatic rings. The predicted molar refractivity (Wildman–Crippen MR) is 71.4 cm³/mol. The van der Waals surface area contributed by atoms with Gasteiger partial charge in [0, 0.05) is 29.5 Å². The molecular formula is C12H10ClN3O5. The van der Waals surface area contributed by atoms with E-state index in [1.165, 1.54) is 26.0 Å². The molecule has 110 valence electrons. The first-order chi connectivity index (χ1) is 9.67. The summed E-state index contributed by atoms with van der Waals surface area (Å²) in [4.78, 5) is 46.7. The number of non-ortho nitro benzene ring substituents is 1. The van der Waals surface area contributed by atoms with Gasteiger partial charge in [0.15, 0.2) is 0 Å². The number of nitrogens with zero attached hydrogens (tertiary/aromatic N) is 3. The SMILES string of the molecule is CC1(C)C(=O)N(Cl)C(=O)N1C(=O)c1ccc([N+](=O)[O-])cc1. The third-order valence-corrected chi connectivity index (χ3v) is 3.45. The summed E-state index contributed by atoms with van der Waals surface area (Å²) >= 11 is 5.54. The lowest BCUT2D eigenvalue weighted by atomic mass is 10.0. The molecule has 0 radical (unpaired) electrons. The highest BCUT2D eigenvalue weighted by atomic mass is 35.5. The zero-order chi connectivity index (χ0) is 15.9. The van der Waals surface area contributed by atoms with Gasteiger partial charge in [-0.3, -0.25) is 19.7 Å². The predicted octanol–water partition coefficient (Wildman–Crippen LogP) is 1.93. The molecule has 0 aliphatic carbocycles. The number of carbonyl (C=O) groups is 3. The van der Waals surface area contributed by atoms with Gasteiger partial charge >= 0.3 is 6.03 Å². The van der Waals surface area contributed by atoms with Crippen molar-refractivity contribution in [3.8, 4) is 0 Å². The van der Waals surface area contributed by atoms with Gasteiger partial charge in [-0.1, -0.05) is 0 Å². The highest BCUT2D eigenvalue weighted by Crippen LogP contribution is 2.30. The van der Waals surface area contributed by atoms with Crippen LogP contribution < -0.4 is 0 Å². The van der Waals surface area contributed by atoms with Gasteiger partial charge in [0.2, 0.25) is 0 Å². The molecule has 0 bridgehead atoms. The number of nitro benzene ring substituents is 1. The van der Waals surface area contributed by atoms with E-state index in [1.807, 2.05) is 0 Å². The lowest BCUT2D eigenvalue weighted by Crippen LogP contribution is -2.47. The first-order valence-corrected chi connectivity index (χ1v) is 6.15. The van der Waals surface area contributed by atoms with Crippen molar-refractivity contribution < 1.29 is 19.3 Å². The maximum atomic E-state index is 12.3. The van der Waals surface area contributed by atoms with E-state index in [1.54, 1.807) is 0 Å². The molecule has 1 saturated heterocycles. The Kier molecular flexibility index (Phi) is 3.42. The van der Waals surface area contributed by atoms with Crippen LogP contribution in [0.3, 0.4) is 0 Å². The highest BCUT2D eigenvalue weighted by molar-refractivity contribution is 6.35. The van der Waals surface area contributed by atoms with E-state index in [0.717, 1.165) is 17.0 Å². The van der Waals surface area contributed by atoms with Crippen LogP contribution in [-0.2, 0) is 4.79 Å². The maximum Gasteiger partial charge on any atom is 0.349 e. The zero-order valence-corrected chi connectivity index (χ0v) is 11.8. The second-order valence-corrected chi connectivity index (χ2v) is 5.21. The van der Waals surface area contributed by atoms with Crippen molar-refractivity contribution in [2.75, 3.05) is 0 Å². The number of rotatable bonds is 2. The molecule has 0 aromatic heterocycles. The van der Waals surface area contributed by atoms with Crippen molar-refractivity contribution in [2.24, 2.45) is 0 Å². The molecule has 0 N–H and O–H groups in total. The van der Waals surface area contributed by atoms with Crippen molar-refractivity contribution in [3.05, 3.63) is 39.9 Å². The van der Waals surface area contributed by atoms with Gasteiger partial charge in [-0.05, 0) is 26.0 Å². The van der Waals surface area contributed by atoms with Gasteiger partial charge in [0.25, 0.3) is 17.5 Å². The third-order valence-electron chi connectivity index (χ3n) is 3.15. The number of benzene rings is 1. The van der Waals surface area contributed by atoms with Gasteiger partial charge in [-0.2, -0.15) is 4.42 Å². The third kappa shape index (κ3) is 2.23. The van der Waals surface area contributed by atoms with Crippen molar-refractivity contribution in [1.82, 2.24) is 9.32 Å². The second-order valence-electron chi connectivity index (χ2n) is 4.87. The van der Waals surface area contributed by atoms with E-state index >= 15 is 0 Å². The van der Waals surface area contributed by atoms with Crippen LogP contribution in [-0.4, -0.2) is 37.6 Å². The van der Waals surface area contributed by atoms with Crippen LogP contribution in [0.25, 0.3) is 0 Å². The van der Waals surface area contributed by atoms with Crippen molar-refractivity contribution >= 4 is 35.3 Å². The molecule has 1 aliphatic heterocycles. The molecule has 0 saturated carbocycles. The Morgan fingerprint density at radius 1 is 1.24 bits per heavy atom. The van der Waals surface area contributed by atoms with Gasteiger partial charge < -0.3 is 0 Å². The average Bonchev–Trinajstić information content (AvgIpc) is 2.59. The van der Waals surface area contributed by atoms with E-state index in [2.05, 4.69) is 0 Å². The Balaban J connectivity index is 2.37. The summed E-state index contributed by atoms with van der Waals surface area (Å²) in [5, 5.41) is 10.6.